The number of methoxy groups -OCH3 is 1. The van der Waals surface area contributed by atoms with E-state index >= 15 is 0 Å². The third kappa shape index (κ3) is 9.05. The van der Waals surface area contributed by atoms with Crippen LogP contribution in [-0.4, -0.2) is 67.1 Å². The van der Waals surface area contributed by atoms with Gasteiger partial charge in [0.25, 0.3) is 0 Å². The second kappa shape index (κ2) is 13.2. The molecule has 0 aromatic carbocycles. The van der Waals surface area contributed by atoms with Crippen LogP contribution in [0.25, 0.3) is 12.2 Å². The number of aromatic nitrogens is 2. The Morgan fingerprint density at radius 3 is 1.59 bits per heavy atom. The number of rotatable bonds is 6. The third-order valence-electron chi connectivity index (χ3n) is 6.63. The molecule has 0 radical (unpaired) electrons. The number of carbonyl (C=O) groups excluding carboxylic acids is 3. The Morgan fingerprint density at radius 1 is 0.769 bits per heavy atom. The lowest BCUT2D eigenvalue weighted by Crippen LogP contribution is -2.31. The summed E-state index contributed by atoms with van der Waals surface area (Å²) in [4.78, 5) is 52.5. The maximum absolute atomic E-state index is 11.4. The summed E-state index contributed by atoms with van der Waals surface area (Å²) in [6, 6.07) is 9.68. The van der Waals surface area contributed by atoms with Gasteiger partial charge in [0.15, 0.2) is 0 Å². The van der Waals surface area contributed by atoms with Crippen LogP contribution in [0.2, 0.25) is 0 Å². The van der Waals surface area contributed by atoms with E-state index < -0.39 is 23.1 Å². The van der Waals surface area contributed by atoms with E-state index in [9.17, 15) is 29.4 Å². The lowest BCUT2D eigenvalue weighted by molar-refractivity contribution is -0.124. The predicted molar refractivity (Wildman–Crippen MR) is 142 cm³/mol. The van der Waals surface area contributed by atoms with Crippen LogP contribution in [0.4, 0.5) is 0 Å². The van der Waals surface area contributed by atoms with Crippen LogP contribution in [-0.2, 0) is 14.3 Å². The van der Waals surface area contributed by atoms with Gasteiger partial charge in [0, 0.05) is 25.7 Å². The van der Waals surface area contributed by atoms with E-state index in [-0.39, 0.29) is 23.0 Å². The number of esters is 1. The summed E-state index contributed by atoms with van der Waals surface area (Å²) >= 11 is 0. The number of aliphatic hydroxyl groups is 2. The molecule has 3 N–H and O–H groups in total. The molecule has 2 aromatic rings. The van der Waals surface area contributed by atoms with Gasteiger partial charge in [-0.15, -0.1) is 0 Å². The van der Waals surface area contributed by atoms with Crippen LogP contribution >= 0.6 is 0 Å². The van der Waals surface area contributed by atoms with Gasteiger partial charge in [0.2, 0.25) is 0 Å². The number of hydrogen-bond donors (Lipinski definition) is 3. The molecule has 2 heterocycles. The van der Waals surface area contributed by atoms with E-state index in [0.717, 1.165) is 0 Å². The first-order chi connectivity index (χ1) is 18.5. The Hall–Kier alpha value is -4.02. The number of pyridine rings is 2. The molecule has 2 aromatic heterocycles. The van der Waals surface area contributed by atoms with Crippen molar-refractivity contribution in [2.24, 2.45) is 0 Å². The Kier molecular flexibility index (Phi) is 9.97. The first-order valence-electron chi connectivity index (χ1n) is 12.6. The SMILES string of the molecule is COC(=O)c1cccc(/C=C/C2(O)CCC(=O)CC2)n1.O=C1CCC(O)(/C=C/c2cccc(C(=O)O)n2)CC1. The Bertz CT molecular complexity index is 1260. The van der Waals surface area contributed by atoms with E-state index in [0.29, 0.717) is 62.8 Å². The molecule has 39 heavy (non-hydrogen) atoms. The summed E-state index contributed by atoms with van der Waals surface area (Å²) in [7, 11) is 1.30. The summed E-state index contributed by atoms with van der Waals surface area (Å²) in [5, 5.41) is 29.4. The highest BCUT2D eigenvalue weighted by Gasteiger charge is 2.30. The van der Waals surface area contributed by atoms with Crippen molar-refractivity contribution in [3.8, 4) is 0 Å². The van der Waals surface area contributed by atoms with Crippen molar-refractivity contribution < 1.29 is 39.2 Å². The third-order valence-corrected chi connectivity index (χ3v) is 6.63. The Morgan fingerprint density at radius 2 is 1.18 bits per heavy atom. The standard InChI is InChI=1S/C15H17NO4.C14H15NO4/c1-20-14(18)13-4-2-3-11(16-13)5-8-15(19)9-6-12(17)7-10-15;16-11-5-8-14(19,9-6-11)7-4-10-2-1-3-12(15-10)13(17)18/h2-5,8,19H,6-7,9-10H2,1H3;1-4,7,19H,5-6,8-9H2,(H,17,18)/b8-5+;7-4+. The van der Waals surface area contributed by atoms with E-state index in [1.54, 1.807) is 54.6 Å². The van der Waals surface area contributed by atoms with E-state index in [2.05, 4.69) is 14.7 Å². The molecule has 0 unspecified atom stereocenters. The molecule has 0 atom stereocenters. The summed E-state index contributed by atoms with van der Waals surface area (Å²) in [5.41, 5.74) is -0.719. The molecular weight excluding hydrogens is 504 g/mol. The molecule has 10 heteroatoms. The molecular formula is C29H32N2O8. The van der Waals surface area contributed by atoms with Crippen LogP contribution < -0.4 is 0 Å². The number of Topliss-reactive ketones (excluding diaryl/α,β-unsaturated/α-hetero) is 2. The van der Waals surface area contributed by atoms with Gasteiger partial charge in [0.1, 0.15) is 23.0 Å². The second-order valence-corrected chi connectivity index (χ2v) is 9.64. The largest absolute Gasteiger partial charge is 0.477 e. The smallest absolute Gasteiger partial charge is 0.356 e. The molecule has 0 bridgehead atoms. The van der Waals surface area contributed by atoms with Crippen molar-refractivity contribution in [1.29, 1.82) is 0 Å². The molecule has 2 saturated carbocycles. The van der Waals surface area contributed by atoms with Crippen LogP contribution in [0.3, 0.4) is 0 Å². The topological polar surface area (TPSA) is 164 Å². The van der Waals surface area contributed by atoms with Crippen molar-refractivity contribution in [2.45, 2.75) is 62.6 Å². The quantitative estimate of drug-likeness (QED) is 0.466. The normalized spacial score (nSPS) is 18.4. The molecule has 0 amide bonds. The number of carboxylic acids is 1. The molecule has 0 saturated heterocycles. The van der Waals surface area contributed by atoms with Gasteiger partial charge in [-0.3, -0.25) is 9.59 Å². The Labute approximate surface area is 226 Å². The number of aromatic carboxylic acids is 1. The molecule has 2 aliphatic carbocycles. The Balaban J connectivity index is 0.000000216. The molecule has 2 aliphatic rings. The summed E-state index contributed by atoms with van der Waals surface area (Å²) in [5.74, 6) is -1.22. The van der Waals surface area contributed by atoms with Crippen LogP contribution in [0, 0.1) is 0 Å². The first kappa shape index (κ1) is 29.5. The van der Waals surface area contributed by atoms with E-state index in [1.165, 1.54) is 13.2 Å². The summed E-state index contributed by atoms with van der Waals surface area (Å²) in [6.45, 7) is 0. The molecule has 10 nitrogen and oxygen atoms in total. The highest BCUT2D eigenvalue weighted by atomic mass is 16.5. The number of ether oxygens (including phenoxy) is 1. The minimum Gasteiger partial charge on any atom is -0.477 e. The second-order valence-electron chi connectivity index (χ2n) is 9.64. The first-order valence-corrected chi connectivity index (χ1v) is 12.6. The average molecular weight is 537 g/mol. The van der Waals surface area contributed by atoms with Crippen LogP contribution in [0.1, 0.15) is 83.7 Å². The average Bonchev–Trinajstić information content (AvgIpc) is 2.95. The monoisotopic (exact) mass is 536 g/mol. The van der Waals surface area contributed by atoms with Gasteiger partial charge >= 0.3 is 11.9 Å². The zero-order chi connectivity index (χ0) is 28.5. The zero-order valence-corrected chi connectivity index (χ0v) is 21.7. The van der Waals surface area contributed by atoms with Gasteiger partial charge in [-0.25, -0.2) is 19.6 Å². The minimum atomic E-state index is -1.09. The molecule has 0 spiro atoms. The summed E-state index contributed by atoms with van der Waals surface area (Å²) in [6.07, 6.45) is 9.75. The van der Waals surface area contributed by atoms with E-state index in [1.807, 2.05) is 0 Å². The number of carbonyl (C=O) groups is 4. The predicted octanol–water partition coefficient (Wildman–Crippen LogP) is 3.42. The number of ketones is 2. The van der Waals surface area contributed by atoms with Crippen LogP contribution in [0.15, 0.2) is 48.6 Å². The molecule has 0 aliphatic heterocycles. The lowest BCUT2D eigenvalue weighted by Gasteiger charge is -2.28. The van der Waals surface area contributed by atoms with Crippen molar-refractivity contribution in [2.75, 3.05) is 7.11 Å². The van der Waals surface area contributed by atoms with Gasteiger partial charge < -0.3 is 20.1 Å². The maximum Gasteiger partial charge on any atom is 0.356 e. The van der Waals surface area contributed by atoms with Gasteiger partial charge in [-0.2, -0.15) is 0 Å². The van der Waals surface area contributed by atoms with E-state index in [4.69, 9.17) is 5.11 Å². The minimum absolute atomic E-state index is 0.0343. The van der Waals surface area contributed by atoms with Crippen molar-refractivity contribution in [3.63, 3.8) is 0 Å². The number of nitrogens with zero attached hydrogens (tertiary/aromatic N) is 2. The van der Waals surface area contributed by atoms with Crippen LogP contribution in [0.5, 0.6) is 0 Å². The van der Waals surface area contributed by atoms with Crippen molar-refractivity contribution >= 4 is 35.7 Å². The molecule has 206 valence electrons. The zero-order valence-electron chi connectivity index (χ0n) is 21.7. The maximum atomic E-state index is 11.4. The summed E-state index contributed by atoms with van der Waals surface area (Å²) < 4.78 is 4.60. The van der Waals surface area contributed by atoms with Gasteiger partial charge in [-0.1, -0.05) is 24.3 Å². The fourth-order valence-corrected chi connectivity index (χ4v) is 4.16. The fourth-order valence-electron chi connectivity index (χ4n) is 4.16. The van der Waals surface area contributed by atoms with Crippen molar-refractivity contribution in [1.82, 2.24) is 9.97 Å². The lowest BCUT2D eigenvalue weighted by atomic mass is 9.84. The fraction of sp³-hybridized carbons (Fsp3) is 0.379. The molecule has 2 fully saturated rings. The van der Waals surface area contributed by atoms with Crippen molar-refractivity contribution in [3.05, 3.63) is 71.3 Å². The highest BCUT2D eigenvalue weighted by Crippen LogP contribution is 2.29. The highest BCUT2D eigenvalue weighted by molar-refractivity contribution is 5.87. The number of carboxylic acid groups (broad SMARTS) is 1. The van der Waals surface area contributed by atoms with Gasteiger partial charge in [-0.05, 0) is 62.1 Å². The number of hydrogen-bond acceptors (Lipinski definition) is 9. The van der Waals surface area contributed by atoms with Gasteiger partial charge in [0.05, 0.1) is 29.7 Å². The molecule has 4 rings (SSSR count).